The number of hydrogen-bond acceptors (Lipinski definition) is 8. The summed E-state index contributed by atoms with van der Waals surface area (Å²) in [4.78, 5) is 21.5. The van der Waals surface area contributed by atoms with Gasteiger partial charge in [-0.05, 0) is 0 Å². The van der Waals surface area contributed by atoms with E-state index in [1.807, 2.05) is 0 Å². The zero-order chi connectivity index (χ0) is 13.9. The number of hydrogen-bond donors (Lipinski definition) is 3. The van der Waals surface area contributed by atoms with Crippen molar-refractivity contribution < 1.29 is 39.1 Å². The zero-order valence-electron chi connectivity index (χ0n) is 9.98. The first-order valence-electron chi connectivity index (χ1n) is 5.33. The lowest BCUT2D eigenvalue weighted by molar-refractivity contribution is -0.290. The van der Waals surface area contributed by atoms with E-state index >= 15 is 0 Å². The summed E-state index contributed by atoms with van der Waals surface area (Å²) in [6.07, 6.45) is -7.05. The lowest BCUT2D eigenvalue weighted by Gasteiger charge is -2.39. The molecule has 0 aromatic rings. The quantitative estimate of drug-likeness (QED) is 0.496. The summed E-state index contributed by atoms with van der Waals surface area (Å²) in [5, 5.41) is 28.7. The van der Waals surface area contributed by atoms with Crippen molar-refractivity contribution in [2.75, 3.05) is 6.61 Å². The Morgan fingerprint density at radius 3 is 2.22 bits per heavy atom. The number of rotatable bonds is 3. The topological polar surface area (TPSA) is 123 Å². The van der Waals surface area contributed by atoms with Crippen LogP contribution < -0.4 is 0 Å². The van der Waals surface area contributed by atoms with Gasteiger partial charge in [0.05, 0.1) is 0 Å². The van der Waals surface area contributed by atoms with E-state index < -0.39 is 42.6 Å². The molecule has 0 aromatic heterocycles. The molecule has 1 aliphatic rings. The first-order valence-corrected chi connectivity index (χ1v) is 5.33. The summed E-state index contributed by atoms with van der Waals surface area (Å²) in [5.41, 5.74) is 0. The van der Waals surface area contributed by atoms with Crippen LogP contribution in [0.25, 0.3) is 0 Å². The van der Waals surface area contributed by atoms with E-state index in [9.17, 15) is 24.9 Å². The van der Waals surface area contributed by atoms with E-state index in [4.69, 9.17) is 9.47 Å². The number of aliphatic hydroxyl groups excluding tert-OH is 3. The lowest BCUT2D eigenvalue weighted by Crippen LogP contribution is -2.60. The molecular formula is C10H16O8. The fraction of sp³-hybridized carbons (Fsp3) is 0.800. The van der Waals surface area contributed by atoms with Crippen LogP contribution in [0, 0.1) is 0 Å². The van der Waals surface area contributed by atoms with Crippen molar-refractivity contribution in [2.45, 2.75) is 44.6 Å². The maximum absolute atomic E-state index is 10.8. The second-order valence-electron chi connectivity index (χ2n) is 3.92. The molecule has 0 amide bonds. The average Bonchev–Trinajstić information content (AvgIpc) is 2.27. The van der Waals surface area contributed by atoms with E-state index in [0.717, 1.165) is 6.92 Å². The molecule has 3 N–H and O–H groups in total. The average molecular weight is 264 g/mol. The van der Waals surface area contributed by atoms with Crippen LogP contribution >= 0.6 is 0 Å². The minimum atomic E-state index is -1.64. The van der Waals surface area contributed by atoms with Gasteiger partial charge in [-0.1, -0.05) is 0 Å². The first-order chi connectivity index (χ1) is 8.32. The molecule has 1 saturated heterocycles. The SMILES string of the molecule is CC(=O)OC[C@@H]1O[C@@H](O)[C@@H](O)[C@H](OC(C)=O)[C@H]1O. The smallest absolute Gasteiger partial charge is 0.303 e. The van der Waals surface area contributed by atoms with E-state index in [1.165, 1.54) is 6.92 Å². The molecule has 1 rings (SSSR count). The number of carbonyl (C=O) groups excluding carboxylic acids is 2. The van der Waals surface area contributed by atoms with Gasteiger partial charge in [0, 0.05) is 13.8 Å². The minimum absolute atomic E-state index is 0.321. The van der Waals surface area contributed by atoms with Crippen molar-refractivity contribution in [1.82, 2.24) is 0 Å². The summed E-state index contributed by atoms with van der Waals surface area (Å²) in [6.45, 7) is 1.95. The maximum atomic E-state index is 10.8. The number of carbonyl (C=O) groups is 2. The molecule has 1 aliphatic heterocycles. The third kappa shape index (κ3) is 3.64. The minimum Gasteiger partial charge on any atom is -0.463 e. The van der Waals surface area contributed by atoms with Crippen molar-refractivity contribution in [1.29, 1.82) is 0 Å². The molecule has 0 aliphatic carbocycles. The molecule has 18 heavy (non-hydrogen) atoms. The van der Waals surface area contributed by atoms with Crippen molar-refractivity contribution in [3.8, 4) is 0 Å². The lowest BCUT2D eigenvalue weighted by atomic mass is 9.99. The Kier molecular flexibility index (Phi) is 5.03. The maximum Gasteiger partial charge on any atom is 0.303 e. The molecule has 5 atom stereocenters. The van der Waals surface area contributed by atoms with Gasteiger partial charge in [-0.25, -0.2) is 0 Å². The van der Waals surface area contributed by atoms with Gasteiger partial charge in [0.25, 0.3) is 0 Å². The van der Waals surface area contributed by atoms with Crippen LogP contribution in [0.2, 0.25) is 0 Å². The third-order valence-corrected chi connectivity index (χ3v) is 2.41. The summed E-state index contributed by atoms with van der Waals surface area (Å²) in [6, 6.07) is 0. The van der Waals surface area contributed by atoms with E-state index in [2.05, 4.69) is 4.74 Å². The predicted octanol–water partition coefficient (Wildman–Crippen LogP) is -2.08. The Labute approximate surface area is 103 Å². The second-order valence-corrected chi connectivity index (χ2v) is 3.92. The Morgan fingerprint density at radius 1 is 1.11 bits per heavy atom. The molecule has 8 nitrogen and oxygen atoms in total. The summed E-state index contributed by atoms with van der Waals surface area (Å²) in [7, 11) is 0. The molecule has 1 fully saturated rings. The van der Waals surface area contributed by atoms with Crippen LogP contribution in [0.1, 0.15) is 13.8 Å². The highest BCUT2D eigenvalue weighted by molar-refractivity contribution is 5.66. The van der Waals surface area contributed by atoms with Gasteiger partial charge in [0.15, 0.2) is 12.4 Å². The fourth-order valence-corrected chi connectivity index (χ4v) is 1.58. The molecule has 0 saturated carbocycles. The highest BCUT2D eigenvalue weighted by Crippen LogP contribution is 2.22. The van der Waals surface area contributed by atoms with Crippen LogP contribution in [0.5, 0.6) is 0 Å². The number of ether oxygens (including phenoxy) is 3. The monoisotopic (exact) mass is 264 g/mol. The van der Waals surface area contributed by atoms with E-state index in [0.29, 0.717) is 0 Å². The zero-order valence-corrected chi connectivity index (χ0v) is 9.98. The van der Waals surface area contributed by atoms with Gasteiger partial charge in [0.2, 0.25) is 0 Å². The normalized spacial score (nSPS) is 35.9. The van der Waals surface area contributed by atoms with Gasteiger partial charge in [-0.15, -0.1) is 0 Å². The third-order valence-electron chi connectivity index (χ3n) is 2.41. The Hall–Kier alpha value is -1.22. The molecule has 0 unspecified atom stereocenters. The van der Waals surface area contributed by atoms with Crippen molar-refractivity contribution in [3.63, 3.8) is 0 Å². The molecule has 0 aromatic carbocycles. The van der Waals surface area contributed by atoms with Gasteiger partial charge >= 0.3 is 11.9 Å². The van der Waals surface area contributed by atoms with Crippen LogP contribution in [-0.2, 0) is 23.8 Å². The van der Waals surface area contributed by atoms with E-state index in [1.54, 1.807) is 0 Å². The molecule has 1 heterocycles. The highest BCUT2D eigenvalue weighted by Gasteiger charge is 2.46. The largest absolute Gasteiger partial charge is 0.463 e. The van der Waals surface area contributed by atoms with Gasteiger partial charge < -0.3 is 29.5 Å². The van der Waals surface area contributed by atoms with Crippen LogP contribution in [-0.4, -0.2) is 64.6 Å². The predicted molar refractivity (Wildman–Crippen MR) is 55.1 cm³/mol. The molecule has 0 spiro atoms. The Morgan fingerprint density at radius 2 is 1.72 bits per heavy atom. The summed E-state index contributed by atoms with van der Waals surface area (Å²) in [5.74, 6) is -1.31. The van der Waals surface area contributed by atoms with Gasteiger partial charge in [-0.3, -0.25) is 9.59 Å². The van der Waals surface area contributed by atoms with E-state index in [-0.39, 0.29) is 6.61 Å². The van der Waals surface area contributed by atoms with Crippen LogP contribution in [0.15, 0.2) is 0 Å². The van der Waals surface area contributed by atoms with Crippen molar-refractivity contribution in [3.05, 3.63) is 0 Å². The van der Waals surface area contributed by atoms with Crippen LogP contribution in [0.4, 0.5) is 0 Å². The van der Waals surface area contributed by atoms with Crippen molar-refractivity contribution in [2.24, 2.45) is 0 Å². The first kappa shape index (κ1) is 14.8. The molecule has 8 heteroatoms. The Bertz CT molecular complexity index is 317. The number of esters is 2. The Balaban J connectivity index is 2.70. The summed E-state index contributed by atoms with van der Waals surface area (Å²) >= 11 is 0. The van der Waals surface area contributed by atoms with Gasteiger partial charge in [0.1, 0.15) is 24.9 Å². The summed E-state index contributed by atoms with van der Waals surface area (Å²) < 4.78 is 14.2. The van der Waals surface area contributed by atoms with Crippen LogP contribution in [0.3, 0.4) is 0 Å². The fourth-order valence-electron chi connectivity index (χ4n) is 1.58. The molecule has 0 radical (unpaired) electrons. The highest BCUT2D eigenvalue weighted by atomic mass is 16.7. The van der Waals surface area contributed by atoms with Gasteiger partial charge in [-0.2, -0.15) is 0 Å². The molecule has 0 bridgehead atoms. The molecular weight excluding hydrogens is 248 g/mol. The standard InChI is InChI=1S/C10H16O8/c1-4(11)16-3-6-7(13)9(17-5(2)12)8(14)10(15)18-6/h6-10,13-15H,3H2,1-2H3/t6-,7-,8-,9+,10+/m0/s1. The van der Waals surface area contributed by atoms with Crippen molar-refractivity contribution >= 4 is 11.9 Å². The molecule has 104 valence electrons. The number of aliphatic hydroxyl groups is 3. The second kappa shape index (κ2) is 6.10.